The van der Waals surface area contributed by atoms with Gasteiger partial charge in [-0.15, -0.1) is 0 Å². The van der Waals surface area contributed by atoms with Gasteiger partial charge in [0.1, 0.15) is 0 Å². The lowest BCUT2D eigenvalue weighted by atomic mass is 9.97. The Labute approximate surface area is 64.0 Å². The highest BCUT2D eigenvalue weighted by atomic mass is 14.5. The zero-order chi connectivity index (χ0) is 7.14. The fourth-order valence-electron chi connectivity index (χ4n) is 2.64. The van der Waals surface area contributed by atoms with E-state index >= 15 is 0 Å². The van der Waals surface area contributed by atoms with E-state index in [0.717, 1.165) is 23.7 Å². The van der Waals surface area contributed by atoms with Gasteiger partial charge >= 0.3 is 0 Å². The van der Waals surface area contributed by atoms with E-state index in [9.17, 15) is 0 Å². The molecule has 0 aromatic carbocycles. The van der Waals surface area contributed by atoms with E-state index in [4.69, 9.17) is 0 Å². The summed E-state index contributed by atoms with van der Waals surface area (Å²) in [6.45, 7) is 4.87. The molecule has 0 aromatic heterocycles. The van der Waals surface area contributed by atoms with Crippen molar-refractivity contribution in [1.82, 2.24) is 0 Å². The van der Waals surface area contributed by atoms with Gasteiger partial charge in [-0.25, -0.2) is 0 Å². The van der Waals surface area contributed by atoms with Crippen LogP contribution >= 0.6 is 0 Å². The molecule has 0 nitrogen and oxygen atoms in total. The first kappa shape index (κ1) is 6.69. The molecule has 0 aromatic rings. The van der Waals surface area contributed by atoms with Crippen LogP contribution in [0, 0.1) is 23.7 Å². The Morgan fingerprint density at radius 1 is 1.00 bits per heavy atom. The lowest BCUT2D eigenvalue weighted by Crippen LogP contribution is -1.96. The van der Waals surface area contributed by atoms with E-state index in [1.165, 1.54) is 19.3 Å². The Morgan fingerprint density at radius 3 is 2.60 bits per heavy atom. The summed E-state index contributed by atoms with van der Waals surface area (Å²) in [5.74, 6) is 4.37. The van der Waals surface area contributed by atoms with Crippen LogP contribution in [0.25, 0.3) is 0 Å². The summed E-state index contributed by atoms with van der Waals surface area (Å²) in [6, 6.07) is 0. The van der Waals surface area contributed by atoms with Crippen LogP contribution in [0.1, 0.15) is 39.5 Å². The van der Waals surface area contributed by atoms with Crippen molar-refractivity contribution in [3.8, 4) is 0 Å². The largest absolute Gasteiger partial charge is 0.0625 e. The van der Waals surface area contributed by atoms with Gasteiger partial charge in [-0.05, 0) is 36.5 Å². The number of rotatable bonds is 0. The van der Waals surface area contributed by atoms with Gasteiger partial charge in [0.25, 0.3) is 0 Å². The lowest BCUT2D eigenvalue weighted by Gasteiger charge is -2.08. The zero-order valence-corrected chi connectivity index (χ0v) is 7.14. The summed E-state index contributed by atoms with van der Waals surface area (Å²) < 4.78 is 0. The smallest absolute Gasteiger partial charge is 0.0357 e. The molecule has 4 atom stereocenters. The molecule has 0 spiro atoms. The minimum atomic E-state index is 1.03. The van der Waals surface area contributed by atoms with Crippen molar-refractivity contribution in [1.29, 1.82) is 0 Å². The maximum absolute atomic E-state index is 2.45. The molecule has 58 valence electrons. The van der Waals surface area contributed by atoms with Gasteiger partial charge in [0, 0.05) is 0 Å². The molecular weight excluding hydrogens is 120 g/mol. The normalized spacial score (nSPS) is 53.4. The minimum Gasteiger partial charge on any atom is -0.0625 e. The summed E-state index contributed by atoms with van der Waals surface area (Å²) in [6.07, 6.45) is 6.09. The summed E-state index contributed by atoms with van der Waals surface area (Å²) in [5.41, 5.74) is 0. The van der Waals surface area contributed by atoms with Crippen LogP contribution in [0.4, 0.5) is 0 Å². The maximum atomic E-state index is 2.45. The van der Waals surface area contributed by atoms with E-state index < -0.39 is 0 Å². The zero-order valence-electron chi connectivity index (χ0n) is 7.14. The molecule has 0 bridgehead atoms. The van der Waals surface area contributed by atoms with Gasteiger partial charge in [-0.3, -0.25) is 0 Å². The van der Waals surface area contributed by atoms with Crippen molar-refractivity contribution >= 4 is 0 Å². The summed E-state index contributed by atoms with van der Waals surface area (Å²) in [5, 5.41) is 0. The first-order chi connectivity index (χ1) is 4.77. The predicted octanol–water partition coefficient (Wildman–Crippen LogP) is 3.08. The number of hydrogen-bond acceptors (Lipinski definition) is 0. The average molecular weight is 138 g/mol. The van der Waals surface area contributed by atoms with Crippen LogP contribution < -0.4 is 0 Å². The molecule has 2 fully saturated rings. The molecule has 0 saturated heterocycles. The van der Waals surface area contributed by atoms with Crippen LogP contribution in [0.3, 0.4) is 0 Å². The van der Waals surface area contributed by atoms with Gasteiger partial charge in [-0.2, -0.15) is 0 Å². The summed E-state index contributed by atoms with van der Waals surface area (Å²) in [4.78, 5) is 0. The molecule has 2 aliphatic carbocycles. The van der Waals surface area contributed by atoms with Crippen molar-refractivity contribution in [2.75, 3.05) is 0 Å². The molecular formula is C10H18. The summed E-state index contributed by atoms with van der Waals surface area (Å²) in [7, 11) is 0. The Balaban J connectivity index is 1.97. The highest BCUT2D eigenvalue weighted by molar-refractivity contribution is 4.92. The van der Waals surface area contributed by atoms with E-state index in [0.29, 0.717) is 0 Å². The average Bonchev–Trinajstić information content (AvgIpc) is 2.60. The molecule has 10 heavy (non-hydrogen) atoms. The standard InChI is InChI=1S/C10H18/c1-7-3-4-8(2)10-6-9(10)5-7/h7-10H,3-6H2,1-2H3. The molecule has 0 amide bonds. The van der Waals surface area contributed by atoms with Crippen LogP contribution in [0.15, 0.2) is 0 Å². The molecule has 2 aliphatic rings. The number of fused-ring (bicyclic) bond motifs is 1. The Morgan fingerprint density at radius 2 is 1.80 bits per heavy atom. The molecule has 0 heteroatoms. The first-order valence-electron chi connectivity index (χ1n) is 4.77. The molecule has 0 N–H and O–H groups in total. The van der Waals surface area contributed by atoms with Crippen molar-refractivity contribution in [3.05, 3.63) is 0 Å². The third-order valence-electron chi connectivity index (χ3n) is 3.53. The SMILES string of the molecule is CC1CCC(C)C2CC2C1. The lowest BCUT2D eigenvalue weighted by molar-refractivity contribution is 0.433. The van der Waals surface area contributed by atoms with E-state index in [2.05, 4.69) is 13.8 Å². The topological polar surface area (TPSA) is 0 Å². The van der Waals surface area contributed by atoms with Gasteiger partial charge < -0.3 is 0 Å². The van der Waals surface area contributed by atoms with Crippen molar-refractivity contribution in [2.24, 2.45) is 23.7 Å². The second kappa shape index (κ2) is 2.25. The second-order valence-electron chi connectivity index (χ2n) is 4.56. The molecule has 2 saturated carbocycles. The molecule has 2 rings (SSSR count). The molecule has 0 radical (unpaired) electrons. The highest BCUT2D eigenvalue weighted by Crippen LogP contribution is 2.52. The van der Waals surface area contributed by atoms with E-state index in [-0.39, 0.29) is 0 Å². The molecule has 0 aliphatic heterocycles. The molecule has 4 unspecified atom stereocenters. The van der Waals surface area contributed by atoms with Crippen LogP contribution in [-0.2, 0) is 0 Å². The highest BCUT2D eigenvalue weighted by Gasteiger charge is 2.42. The third-order valence-corrected chi connectivity index (χ3v) is 3.53. The van der Waals surface area contributed by atoms with Crippen molar-refractivity contribution in [3.63, 3.8) is 0 Å². The Kier molecular flexibility index (Phi) is 1.51. The summed E-state index contributed by atoms with van der Waals surface area (Å²) >= 11 is 0. The van der Waals surface area contributed by atoms with Crippen LogP contribution in [0.2, 0.25) is 0 Å². The number of hydrogen-bond donors (Lipinski definition) is 0. The Hall–Kier alpha value is 0. The minimum absolute atomic E-state index is 1.03. The molecule has 0 heterocycles. The van der Waals surface area contributed by atoms with Gasteiger partial charge in [-0.1, -0.05) is 26.7 Å². The third kappa shape index (κ3) is 1.09. The van der Waals surface area contributed by atoms with E-state index in [1.807, 2.05) is 0 Å². The van der Waals surface area contributed by atoms with Gasteiger partial charge in [0.05, 0.1) is 0 Å². The Bertz CT molecular complexity index is 128. The van der Waals surface area contributed by atoms with Gasteiger partial charge in [0.2, 0.25) is 0 Å². The van der Waals surface area contributed by atoms with E-state index in [1.54, 1.807) is 6.42 Å². The monoisotopic (exact) mass is 138 g/mol. The fourth-order valence-corrected chi connectivity index (χ4v) is 2.64. The quantitative estimate of drug-likeness (QED) is 0.482. The van der Waals surface area contributed by atoms with Crippen molar-refractivity contribution in [2.45, 2.75) is 39.5 Å². The predicted molar refractivity (Wildman–Crippen MR) is 43.8 cm³/mol. The van der Waals surface area contributed by atoms with Crippen LogP contribution in [-0.4, -0.2) is 0 Å². The van der Waals surface area contributed by atoms with Gasteiger partial charge in [0.15, 0.2) is 0 Å². The van der Waals surface area contributed by atoms with Crippen LogP contribution in [0.5, 0.6) is 0 Å². The second-order valence-corrected chi connectivity index (χ2v) is 4.56. The first-order valence-corrected chi connectivity index (χ1v) is 4.77. The fraction of sp³-hybridized carbons (Fsp3) is 1.00. The van der Waals surface area contributed by atoms with Crippen molar-refractivity contribution < 1.29 is 0 Å². The maximum Gasteiger partial charge on any atom is -0.0357 e.